The number of urea groups is 1. The van der Waals surface area contributed by atoms with E-state index >= 15 is 0 Å². The Labute approximate surface area is 170 Å². The molecule has 3 rings (SSSR count). The highest BCUT2D eigenvalue weighted by Gasteiger charge is 2.50. The number of rotatable bonds is 6. The van der Waals surface area contributed by atoms with Crippen LogP contribution in [0.1, 0.15) is 29.2 Å². The van der Waals surface area contributed by atoms with Gasteiger partial charge in [0.2, 0.25) is 0 Å². The van der Waals surface area contributed by atoms with E-state index in [2.05, 4.69) is 22.9 Å². The van der Waals surface area contributed by atoms with Gasteiger partial charge in [0.25, 0.3) is 11.8 Å². The van der Waals surface area contributed by atoms with E-state index in [1.165, 1.54) is 11.1 Å². The number of imide groups is 1. The van der Waals surface area contributed by atoms with Crippen molar-refractivity contribution >= 4 is 17.8 Å². The van der Waals surface area contributed by atoms with Gasteiger partial charge in [0.05, 0.1) is 7.05 Å². The number of hydrogen-bond donors (Lipinski definition) is 3. The van der Waals surface area contributed by atoms with Gasteiger partial charge in [0, 0.05) is 5.56 Å². The first-order valence-corrected chi connectivity index (χ1v) is 9.60. The van der Waals surface area contributed by atoms with Crippen LogP contribution in [-0.4, -0.2) is 36.4 Å². The Morgan fingerprint density at radius 2 is 1.83 bits per heavy atom. The number of aryl methyl sites for hydroxylation is 2. The molecule has 2 aromatic rings. The standard InChI is InChI=1S/C22H26N4O3/c1-15-10-11-17(16(2)12-15)13-25(4)14-19(27)24-26-20(28)22(3,23-21(26)29)18-8-6-5-7-9-18/h5-12H,13-14H2,1-4H3,(H,23,29)(H,24,27)/p+1/t22-/m0/s1. The first-order chi connectivity index (χ1) is 13.7. The molecular formula is C22H27N4O3+. The second kappa shape index (κ2) is 8.05. The molecule has 0 aliphatic carbocycles. The molecule has 1 fully saturated rings. The summed E-state index contributed by atoms with van der Waals surface area (Å²) in [4.78, 5) is 38.6. The first kappa shape index (κ1) is 20.5. The second-order valence-electron chi connectivity index (χ2n) is 7.84. The van der Waals surface area contributed by atoms with Crippen molar-refractivity contribution in [2.75, 3.05) is 13.6 Å². The Morgan fingerprint density at radius 1 is 1.14 bits per heavy atom. The minimum absolute atomic E-state index is 0.131. The largest absolute Gasteiger partial charge is 0.344 e. The SMILES string of the molecule is Cc1ccc(C[NH+](C)CC(=O)NN2C(=O)N[C@@](C)(c3ccccc3)C2=O)c(C)c1. The van der Waals surface area contributed by atoms with Gasteiger partial charge in [0.1, 0.15) is 12.1 Å². The maximum atomic E-state index is 12.8. The van der Waals surface area contributed by atoms with Crippen molar-refractivity contribution in [1.82, 2.24) is 15.8 Å². The molecule has 7 nitrogen and oxygen atoms in total. The summed E-state index contributed by atoms with van der Waals surface area (Å²) in [5.41, 5.74) is 5.44. The number of amides is 4. The average molecular weight is 395 g/mol. The van der Waals surface area contributed by atoms with Crippen molar-refractivity contribution < 1.29 is 19.3 Å². The predicted molar refractivity (Wildman–Crippen MR) is 109 cm³/mol. The Bertz CT molecular complexity index is 944. The molecule has 2 aromatic carbocycles. The summed E-state index contributed by atoms with van der Waals surface area (Å²) < 4.78 is 0. The first-order valence-electron chi connectivity index (χ1n) is 9.60. The van der Waals surface area contributed by atoms with Crippen LogP contribution in [0.3, 0.4) is 0 Å². The van der Waals surface area contributed by atoms with Crippen LogP contribution < -0.4 is 15.6 Å². The van der Waals surface area contributed by atoms with E-state index in [0.717, 1.165) is 15.5 Å². The van der Waals surface area contributed by atoms with Gasteiger partial charge in [0.15, 0.2) is 6.54 Å². The lowest BCUT2D eigenvalue weighted by molar-refractivity contribution is -0.885. The number of benzene rings is 2. The molecule has 3 N–H and O–H groups in total. The molecule has 7 heteroatoms. The van der Waals surface area contributed by atoms with Crippen molar-refractivity contribution in [2.45, 2.75) is 32.9 Å². The van der Waals surface area contributed by atoms with E-state index in [4.69, 9.17) is 0 Å². The number of nitrogens with zero attached hydrogens (tertiary/aromatic N) is 1. The number of carbonyl (C=O) groups is 3. The zero-order valence-corrected chi connectivity index (χ0v) is 17.2. The van der Waals surface area contributed by atoms with Crippen LogP contribution in [0.25, 0.3) is 0 Å². The zero-order chi connectivity index (χ0) is 21.2. The van der Waals surface area contributed by atoms with Crippen LogP contribution in [0.2, 0.25) is 0 Å². The fourth-order valence-electron chi connectivity index (χ4n) is 3.58. The number of likely N-dealkylation sites (N-methyl/N-ethyl adjacent to an activating group) is 1. The zero-order valence-electron chi connectivity index (χ0n) is 17.2. The molecule has 1 heterocycles. The lowest BCUT2D eigenvalue weighted by Crippen LogP contribution is -3.09. The summed E-state index contributed by atoms with van der Waals surface area (Å²) in [6.07, 6.45) is 0. The summed E-state index contributed by atoms with van der Waals surface area (Å²) in [6, 6.07) is 14.6. The minimum atomic E-state index is -1.20. The molecule has 152 valence electrons. The molecule has 0 bridgehead atoms. The molecule has 2 atom stereocenters. The molecule has 0 saturated carbocycles. The van der Waals surface area contributed by atoms with Gasteiger partial charge in [-0.15, -0.1) is 0 Å². The molecule has 1 saturated heterocycles. The third-order valence-corrected chi connectivity index (χ3v) is 5.23. The number of nitrogens with one attached hydrogen (secondary N) is 3. The van der Waals surface area contributed by atoms with Crippen molar-refractivity contribution in [3.63, 3.8) is 0 Å². The predicted octanol–water partition coefficient (Wildman–Crippen LogP) is 0.817. The number of quaternary nitrogens is 1. The van der Waals surface area contributed by atoms with Gasteiger partial charge in [-0.05, 0) is 31.9 Å². The summed E-state index contributed by atoms with van der Waals surface area (Å²) in [5.74, 6) is -0.901. The quantitative estimate of drug-likeness (QED) is 0.633. The minimum Gasteiger partial charge on any atom is -0.326 e. The highest BCUT2D eigenvalue weighted by atomic mass is 16.2. The Kier molecular flexibility index (Phi) is 5.70. The van der Waals surface area contributed by atoms with Crippen molar-refractivity contribution in [3.8, 4) is 0 Å². The summed E-state index contributed by atoms with van der Waals surface area (Å²) in [7, 11) is 1.90. The molecule has 29 heavy (non-hydrogen) atoms. The van der Waals surface area contributed by atoms with E-state index in [-0.39, 0.29) is 6.54 Å². The van der Waals surface area contributed by atoms with Gasteiger partial charge >= 0.3 is 6.03 Å². The van der Waals surface area contributed by atoms with Crippen LogP contribution in [0.4, 0.5) is 4.79 Å². The van der Waals surface area contributed by atoms with Crippen LogP contribution in [0.5, 0.6) is 0 Å². The molecule has 0 radical (unpaired) electrons. The van der Waals surface area contributed by atoms with Gasteiger partial charge in [-0.1, -0.05) is 54.1 Å². The molecule has 0 spiro atoms. The summed E-state index contributed by atoms with van der Waals surface area (Å²) in [5, 5.41) is 3.45. The van der Waals surface area contributed by atoms with Gasteiger partial charge < -0.3 is 10.2 Å². The highest BCUT2D eigenvalue weighted by Crippen LogP contribution is 2.27. The fourth-order valence-corrected chi connectivity index (χ4v) is 3.58. The molecule has 1 unspecified atom stereocenters. The van der Waals surface area contributed by atoms with E-state index < -0.39 is 23.4 Å². The average Bonchev–Trinajstić information content (AvgIpc) is 2.89. The Hall–Kier alpha value is -3.19. The van der Waals surface area contributed by atoms with Crippen molar-refractivity contribution in [2.24, 2.45) is 0 Å². The fraction of sp³-hybridized carbons (Fsp3) is 0.318. The van der Waals surface area contributed by atoms with Crippen LogP contribution in [0.15, 0.2) is 48.5 Å². The maximum Gasteiger partial charge on any atom is 0.344 e. The number of carbonyl (C=O) groups excluding carboxylic acids is 3. The molecule has 0 aromatic heterocycles. The lowest BCUT2D eigenvalue weighted by atomic mass is 9.92. The third-order valence-electron chi connectivity index (χ3n) is 5.23. The lowest BCUT2D eigenvalue weighted by Gasteiger charge is -2.22. The third kappa shape index (κ3) is 4.30. The highest BCUT2D eigenvalue weighted by molar-refractivity contribution is 6.08. The van der Waals surface area contributed by atoms with Gasteiger partial charge in [-0.25, -0.2) is 4.79 Å². The second-order valence-corrected chi connectivity index (χ2v) is 7.84. The number of hydrazine groups is 1. The number of hydrogen-bond acceptors (Lipinski definition) is 3. The molecule has 1 aliphatic rings. The Balaban J connectivity index is 1.63. The van der Waals surface area contributed by atoms with Gasteiger partial charge in [-0.2, -0.15) is 5.01 Å². The van der Waals surface area contributed by atoms with E-state index in [0.29, 0.717) is 12.1 Å². The van der Waals surface area contributed by atoms with E-state index in [9.17, 15) is 14.4 Å². The Morgan fingerprint density at radius 3 is 2.48 bits per heavy atom. The monoisotopic (exact) mass is 395 g/mol. The van der Waals surface area contributed by atoms with Gasteiger partial charge in [-0.3, -0.25) is 15.0 Å². The van der Waals surface area contributed by atoms with Crippen LogP contribution in [0, 0.1) is 13.8 Å². The van der Waals surface area contributed by atoms with Crippen molar-refractivity contribution in [1.29, 1.82) is 0 Å². The summed E-state index contributed by atoms with van der Waals surface area (Å²) >= 11 is 0. The van der Waals surface area contributed by atoms with E-state index in [1.807, 2.05) is 33.0 Å². The smallest absolute Gasteiger partial charge is 0.326 e. The van der Waals surface area contributed by atoms with Crippen molar-refractivity contribution in [3.05, 3.63) is 70.8 Å². The van der Waals surface area contributed by atoms with Crippen LogP contribution >= 0.6 is 0 Å². The normalized spacial score (nSPS) is 19.8. The topological polar surface area (TPSA) is 82.9 Å². The molecule has 1 aliphatic heterocycles. The van der Waals surface area contributed by atoms with Crippen LogP contribution in [-0.2, 0) is 21.7 Å². The molecule has 4 amide bonds. The molecular weight excluding hydrogens is 368 g/mol. The summed E-state index contributed by atoms with van der Waals surface area (Å²) in [6.45, 7) is 6.52. The van der Waals surface area contributed by atoms with E-state index in [1.54, 1.807) is 31.2 Å². The maximum absolute atomic E-state index is 12.8.